The highest BCUT2D eigenvalue weighted by molar-refractivity contribution is 5.93. The maximum Gasteiger partial charge on any atom is 0.227 e. The highest BCUT2D eigenvalue weighted by Crippen LogP contribution is 2.25. The number of anilines is 1. The number of nitrogens with one attached hydrogen (secondary N) is 1. The molecule has 1 aliphatic carbocycles. The molecular weight excluding hydrogens is 200 g/mol. The Morgan fingerprint density at radius 3 is 2.81 bits per heavy atom. The number of hydrogen-bond acceptors (Lipinski definition) is 2. The Hall–Kier alpha value is -1.38. The van der Waals surface area contributed by atoms with Crippen LogP contribution in [-0.2, 0) is 4.79 Å². The van der Waals surface area contributed by atoms with E-state index in [2.05, 4.69) is 10.3 Å². The number of hydrogen-bond donors (Lipinski definition) is 1. The van der Waals surface area contributed by atoms with Crippen LogP contribution in [0.4, 0.5) is 5.69 Å². The molecular formula is C13H18N2O. The average Bonchev–Trinajstić information content (AvgIpc) is 2.33. The van der Waals surface area contributed by atoms with Gasteiger partial charge in [-0.25, -0.2) is 0 Å². The molecule has 1 N–H and O–H groups in total. The van der Waals surface area contributed by atoms with Gasteiger partial charge in [-0.15, -0.1) is 0 Å². The van der Waals surface area contributed by atoms with Gasteiger partial charge in [0, 0.05) is 24.0 Å². The van der Waals surface area contributed by atoms with Crippen LogP contribution in [-0.4, -0.2) is 10.9 Å². The van der Waals surface area contributed by atoms with Gasteiger partial charge in [0.2, 0.25) is 5.91 Å². The average molecular weight is 218 g/mol. The number of rotatable bonds is 2. The van der Waals surface area contributed by atoms with Gasteiger partial charge in [0.15, 0.2) is 0 Å². The second-order valence-electron chi connectivity index (χ2n) is 4.51. The minimum absolute atomic E-state index is 0.175. The van der Waals surface area contributed by atoms with Crippen LogP contribution in [0.15, 0.2) is 18.5 Å². The SMILES string of the molecule is Cc1cnccc1NC(=O)C1CCCCC1. The largest absolute Gasteiger partial charge is 0.325 e. The Morgan fingerprint density at radius 2 is 2.12 bits per heavy atom. The van der Waals surface area contributed by atoms with Crippen molar-refractivity contribution in [3.8, 4) is 0 Å². The van der Waals surface area contributed by atoms with Crippen LogP contribution in [0.5, 0.6) is 0 Å². The molecule has 1 aliphatic rings. The predicted octanol–water partition coefficient (Wildman–Crippen LogP) is 2.91. The first-order chi connectivity index (χ1) is 7.77. The van der Waals surface area contributed by atoms with Crippen molar-refractivity contribution in [2.24, 2.45) is 5.92 Å². The Balaban J connectivity index is 1.99. The summed E-state index contributed by atoms with van der Waals surface area (Å²) >= 11 is 0. The predicted molar refractivity (Wildman–Crippen MR) is 64.2 cm³/mol. The highest BCUT2D eigenvalue weighted by Gasteiger charge is 2.21. The normalized spacial score (nSPS) is 17.1. The van der Waals surface area contributed by atoms with E-state index in [1.54, 1.807) is 12.4 Å². The first kappa shape index (κ1) is 11.1. The van der Waals surface area contributed by atoms with Crippen LogP contribution in [0.2, 0.25) is 0 Å². The van der Waals surface area contributed by atoms with Crippen molar-refractivity contribution in [3.63, 3.8) is 0 Å². The first-order valence-corrected chi connectivity index (χ1v) is 5.99. The molecule has 86 valence electrons. The van der Waals surface area contributed by atoms with Crippen molar-refractivity contribution in [2.75, 3.05) is 5.32 Å². The lowest BCUT2D eigenvalue weighted by atomic mass is 9.88. The fourth-order valence-electron chi connectivity index (χ4n) is 2.21. The van der Waals surface area contributed by atoms with Gasteiger partial charge >= 0.3 is 0 Å². The lowest BCUT2D eigenvalue weighted by Crippen LogP contribution is -2.25. The van der Waals surface area contributed by atoms with Crippen LogP contribution < -0.4 is 5.32 Å². The number of carbonyl (C=O) groups is 1. The summed E-state index contributed by atoms with van der Waals surface area (Å²) in [6.45, 7) is 1.96. The van der Waals surface area contributed by atoms with Gasteiger partial charge in [0.05, 0.1) is 0 Å². The number of amides is 1. The molecule has 0 aromatic carbocycles. The second-order valence-corrected chi connectivity index (χ2v) is 4.51. The van der Waals surface area contributed by atoms with Crippen LogP contribution in [0.25, 0.3) is 0 Å². The maximum atomic E-state index is 12.0. The molecule has 16 heavy (non-hydrogen) atoms. The molecule has 0 saturated heterocycles. The third kappa shape index (κ3) is 2.60. The van der Waals surface area contributed by atoms with E-state index in [1.807, 2.05) is 13.0 Å². The van der Waals surface area contributed by atoms with Crippen LogP contribution >= 0.6 is 0 Å². The molecule has 0 unspecified atom stereocenters. The van der Waals surface area contributed by atoms with Crippen LogP contribution in [0.1, 0.15) is 37.7 Å². The third-order valence-electron chi connectivity index (χ3n) is 3.25. The summed E-state index contributed by atoms with van der Waals surface area (Å²) in [4.78, 5) is 16.0. The zero-order valence-corrected chi connectivity index (χ0v) is 9.70. The van der Waals surface area contributed by atoms with E-state index in [1.165, 1.54) is 19.3 Å². The minimum Gasteiger partial charge on any atom is -0.325 e. The standard InChI is InChI=1S/C13H18N2O/c1-10-9-14-8-7-12(10)15-13(16)11-5-3-2-4-6-11/h7-9,11H,2-6H2,1H3,(H,14,15,16). The summed E-state index contributed by atoms with van der Waals surface area (Å²) in [6.07, 6.45) is 9.21. The zero-order valence-electron chi connectivity index (χ0n) is 9.70. The molecule has 1 fully saturated rings. The Bertz CT molecular complexity index is 370. The van der Waals surface area contributed by atoms with Gasteiger partial charge in [-0.3, -0.25) is 9.78 Å². The quantitative estimate of drug-likeness (QED) is 0.829. The molecule has 1 heterocycles. The van der Waals surface area contributed by atoms with E-state index in [0.29, 0.717) is 0 Å². The molecule has 1 saturated carbocycles. The molecule has 3 heteroatoms. The molecule has 3 nitrogen and oxygen atoms in total. The number of pyridine rings is 1. The van der Waals surface area contributed by atoms with Crippen molar-refractivity contribution in [2.45, 2.75) is 39.0 Å². The smallest absolute Gasteiger partial charge is 0.227 e. The summed E-state index contributed by atoms with van der Waals surface area (Å²) in [5.74, 6) is 0.385. The molecule has 1 aromatic rings. The van der Waals surface area contributed by atoms with E-state index in [9.17, 15) is 4.79 Å². The first-order valence-electron chi connectivity index (χ1n) is 5.99. The topological polar surface area (TPSA) is 42.0 Å². The second kappa shape index (κ2) is 5.10. The molecule has 1 aromatic heterocycles. The van der Waals surface area contributed by atoms with Gasteiger partial charge in [-0.05, 0) is 31.4 Å². The molecule has 0 aliphatic heterocycles. The summed E-state index contributed by atoms with van der Waals surface area (Å²) in [5, 5.41) is 3.00. The van der Waals surface area contributed by atoms with E-state index in [0.717, 1.165) is 24.1 Å². The van der Waals surface area contributed by atoms with E-state index >= 15 is 0 Å². The van der Waals surface area contributed by atoms with Crippen molar-refractivity contribution < 1.29 is 4.79 Å². The number of nitrogens with zero attached hydrogens (tertiary/aromatic N) is 1. The van der Waals surface area contributed by atoms with E-state index in [4.69, 9.17) is 0 Å². The number of aromatic nitrogens is 1. The summed E-state index contributed by atoms with van der Waals surface area (Å²) in [5.41, 5.74) is 1.91. The number of aryl methyl sites for hydroxylation is 1. The summed E-state index contributed by atoms with van der Waals surface area (Å²) < 4.78 is 0. The molecule has 2 rings (SSSR count). The van der Waals surface area contributed by atoms with Gasteiger partial charge < -0.3 is 5.32 Å². The third-order valence-corrected chi connectivity index (χ3v) is 3.25. The highest BCUT2D eigenvalue weighted by atomic mass is 16.1. The lowest BCUT2D eigenvalue weighted by Gasteiger charge is -2.21. The van der Waals surface area contributed by atoms with Crippen molar-refractivity contribution in [1.82, 2.24) is 4.98 Å². The Kier molecular flexibility index (Phi) is 3.54. The van der Waals surface area contributed by atoms with Crippen molar-refractivity contribution in [3.05, 3.63) is 24.0 Å². The Morgan fingerprint density at radius 1 is 1.38 bits per heavy atom. The van der Waals surface area contributed by atoms with Crippen LogP contribution in [0.3, 0.4) is 0 Å². The molecule has 1 amide bonds. The lowest BCUT2D eigenvalue weighted by molar-refractivity contribution is -0.120. The number of carbonyl (C=O) groups excluding carboxylic acids is 1. The van der Waals surface area contributed by atoms with Gasteiger partial charge in [0.25, 0.3) is 0 Å². The zero-order chi connectivity index (χ0) is 11.4. The van der Waals surface area contributed by atoms with E-state index < -0.39 is 0 Å². The molecule has 0 radical (unpaired) electrons. The monoisotopic (exact) mass is 218 g/mol. The molecule has 0 bridgehead atoms. The van der Waals surface area contributed by atoms with Crippen LogP contribution in [0, 0.1) is 12.8 Å². The maximum absolute atomic E-state index is 12.0. The van der Waals surface area contributed by atoms with Crippen molar-refractivity contribution in [1.29, 1.82) is 0 Å². The molecule has 0 spiro atoms. The Labute approximate surface area is 96.3 Å². The molecule has 0 atom stereocenters. The minimum atomic E-state index is 0.175. The van der Waals surface area contributed by atoms with Gasteiger partial charge in [0.1, 0.15) is 0 Å². The fraction of sp³-hybridized carbons (Fsp3) is 0.538. The summed E-state index contributed by atoms with van der Waals surface area (Å²) in [6, 6.07) is 1.86. The van der Waals surface area contributed by atoms with Gasteiger partial charge in [-0.1, -0.05) is 19.3 Å². The fourth-order valence-corrected chi connectivity index (χ4v) is 2.21. The van der Waals surface area contributed by atoms with Gasteiger partial charge in [-0.2, -0.15) is 0 Å². The van der Waals surface area contributed by atoms with Crippen molar-refractivity contribution >= 4 is 11.6 Å². The van der Waals surface area contributed by atoms with E-state index in [-0.39, 0.29) is 11.8 Å². The summed E-state index contributed by atoms with van der Waals surface area (Å²) in [7, 11) is 0.